The fourth-order valence-electron chi connectivity index (χ4n) is 2.64. The van der Waals surface area contributed by atoms with Crippen molar-refractivity contribution in [2.75, 3.05) is 12.4 Å². The van der Waals surface area contributed by atoms with Gasteiger partial charge in [-0.25, -0.2) is 14.6 Å². The summed E-state index contributed by atoms with van der Waals surface area (Å²) in [5.41, 5.74) is 1.85. The first-order valence-corrected chi connectivity index (χ1v) is 8.39. The number of benzene rings is 1. The summed E-state index contributed by atoms with van der Waals surface area (Å²) >= 11 is 1.73. The molecule has 0 unspecified atom stereocenters. The van der Waals surface area contributed by atoms with E-state index in [9.17, 15) is 0 Å². The molecule has 0 N–H and O–H groups in total. The molecule has 2 aromatic heterocycles. The normalized spacial score (nSPS) is 18.1. The van der Waals surface area contributed by atoms with Gasteiger partial charge in [0.15, 0.2) is 5.65 Å². The minimum Gasteiger partial charge on any atom is -0.377 e. The zero-order valence-electron chi connectivity index (χ0n) is 12.1. The average Bonchev–Trinajstić information content (AvgIpc) is 3.23. The quantitative estimate of drug-likeness (QED) is 0.547. The summed E-state index contributed by atoms with van der Waals surface area (Å²) in [6.45, 7) is 0.885. The topological polar surface area (TPSA) is 52.8 Å². The van der Waals surface area contributed by atoms with Crippen molar-refractivity contribution < 1.29 is 4.74 Å². The van der Waals surface area contributed by atoms with E-state index in [1.807, 2.05) is 41.2 Å². The standard InChI is InChI=1S/C16H16N4OS/c1-2-5-12(6-3-1)20-15-14(9-19-20)16(18-11-17-15)22-10-13-7-4-8-21-13/h1-3,5-6,9,11,13H,4,7-8,10H2/t13-/m1/s1. The first-order valence-electron chi connectivity index (χ1n) is 7.40. The van der Waals surface area contributed by atoms with Crippen LogP contribution in [-0.2, 0) is 4.74 Å². The van der Waals surface area contributed by atoms with E-state index in [4.69, 9.17) is 4.74 Å². The van der Waals surface area contributed by atoms with Crippen LogP contribution in [0.15, 0.2) is 47.9 Å². The molecule has 5 nitrogen and oxygen atoms in total. The second kappa shape index (κ2) is 6.06. The number of ether oxygens (including phenoxy) is 1. The molecule has 1 saturated heterocycles. The van der Waals surface area contributed by atoms with Gasteiger partial charge >= 0.3 is 0 Å². The number of fused-ring (bicyclic) bond motifs is 1. The van der Waals surface area contributed by atoms with Gasteiger partial charge in [0.1, 0.15) is 11.4 Å². The minimum absolute atomic E-state index is 0.346. The minimum atomic E-state index is 0.346. The Morgan fingerprint density at radius 3 is 2.95 bits per heavy atom. The molecule has 4 rings (SSSR count). The van der Waals surface area contributed by atoms with Gasteiger partial charge in [-0.3, -0.25) is 0 Å². The molecule has 3 aromatic rings. The Balaban J connectivity index is 1.65. The predicted octanol–water partition coefficient (Wildman–Crippen LogP) is 3.09. The summed E-state index contributed by atoms with van der Waals surface area (Å²) in [6.07, 6.45) is 6.11. The highest BCUT2D eigenvalue weighted by Gasteiger charge is 2.17. The first-order chi connectivity index (χ1) is 10.9. The molecule has 22 heavy (non-hydrogen) atoms. The Morgan fingerprint density at radius 2 is 2.14 bits per heavy atom. The highest BCUT2D eigenvalue weighted by Crippen LogP contribution is 2.28. The molecule has 0 amide bonds. The maximum atomic E-state index is 5.68. The molecule has 1 aliphatic rings. The van der Waals surface area contributed by atoms with Gasteiger partial charge in [0.2, 0.25) is 0 Å². The lowest BCUT2D eigenvalue weighted by molar-refractivity contribution is 0.129. The van der Waals surface area contributed by atoms with Gasteiger partial charge in [0.25, 0.3) is 0 Å². The maximum absolute atomic E-state index is 5.68. The fourth-order valence-corrected chi connectivity index (χ4v) is 3.67. The summed E-state index contributed by atoms with van der Waals surface area (Å²) in [6, 6.07) is 10.0. The monoisotopic (exact) mass is 312 g/mol. The number of hydrogen-bond acceptors (Lipinski definition) is 5. The van der Waals surface area contributed by atoms with E-state index in [2.05, 4.69) is 15.1 Å². The third-order valence-corrected chi connectivity index (χ3v) is 4.90. The average molecular weight is 312 g/mol. The predicted molar refractivity (Wildman–Crippen MR) is 86.4 cm³/mol. The second-order valence-corrected chi connectivity index (χ2v) is 6.26. The zero-order chi connectivity index (χ0) is 14.8. The molecule has 6 heteroatoms. The van der Waals surface area contributed by atoms with Crippen LogP contribution < -0.4 is 0 Å². The largest absolute Gasteiger partial charge is 0.377 e. The van der Waals surface area contributed by atoms with E-state index in [0.717, 1.165) is 46.9 Å². The van der Waals surface area contributed by atoms with Gasteiger partial charge in [-0.15, -0.1) is 11.8 Å². The van der Waals surface area contributed by atoms with Crippen LogP contribution in [0, 0.1) is 0 Å². The molecule has 0 saturated carbocycles. The molecule has 1 atom stereocenters. The van der Waals surface area contributed by atoms with E-state index >= 15 is 0 Å². The highest BCUT2D eigenvalue weighted by atomic mass is 32.2. The Labute approximate surface area is 132 Å². The zero-order valence-corrected chi connectivity index (χ0v) is 12.9. The van der Waals surface area contributed by atoms with Crippen molar-refractivity contribution in [3.05, 3.63) is 42.9 Å². The molecular formula is C16H16N4OS. The van der Waals surface area contributed by atoms with Gasteiger partial charge in [-0.1, -0.05) is 18.2 Å². The SMILES string of the molecule is c1ccc(-n2ncc3c(SC[C@H]4CCCO4)ncnc32)cc1. The molecular weight excluding hydrogens is 296 g/mol. The van der Waals surface area contributed by atoms with Crippen LogP contribution >= 0.6 is 11.8 Å². The molecule has 1 aliphatic heterocycles. The van der Waals surface area contributed by atoms with Crippen molar-refractivity contribution in [2.45, 2.75) is 24.0 Å². The molecule has 0 radical (unpaired) electrons. The van der Waals surface area contributed by atoms with Gasteiger partial charge in [-0.05, 0) is 25.0 Å². The number of hydrogen-bond donors (Lipinski definition) is 0. The van der Waals surface area contributed by atoms with E-state index in [1.165, 1.54) is 0 Å². The van der Waals surface area contributed by atoms with Crippen LogP contribution in [0.3, 0.4) is 0 Å². The third kappa shape index (κ3) is 2.60. The molecule has 1 aromatic carbocycles. The molecule has 112 valence electrons. The van der Waals surface area contributed by atoms with Gasteiger partial charge in [-0.2, -0.15) is 5.10 Å². The summed E-state index contributed by atoms with van der Waals surface area (Å²) in [4.78, 5) is 8.82. The number of thioether (sulfide) groups is 1. The van der Waals surface area contributed by atoms with Crippen LogP contribution in [0.4, 0.5) is 0 Å². The van der Waals surface area contributed by atoms with Crippen LogP contribution in [0.1, 0.15) is 12.8 Å². The van der Waals surface area contributed by atoms with Crippen molar-refractivity contribution in [1.82, 2.24) is 19.7 Å². The maximum Gasteiger partial charge on any atom is 0.167 e. The van der Waals surface area contributed by atoms with Gasteiger partial charge < -0.3 is 4.74 Å². The summed E-state index contributed by atoms with van der Waals surface area (Å²) < 4.78 is 7.53. The lowest BCUT2D eigenvalue weighted by Gasteiger charge is -2.08. The van der Waals surface area contributed by atoms with Gasteiger partial charge in [0, 0.05) is 12.4 Å². The number of aromatic nitrogens is 4. The third-order valence-electron chi connectivity index (χ3n) is 3.76. The molecule has 0 spiro atoms. The van der Waals surface area contributed by atoms with Gasteiger partial charge in [0.05, 0.1) is 23.4 Å². The van der Waals surface area contributed by atoms with Crippen LogP contribution in [0.25, 0.3) is 16.7 Å². The van der Waals surface area contributed by atoms with Crippen molar-refractivity contribution in [3.8, 4) is 5.69 Å². The Kier molecular flexibility index (Phi) is 3.78. The smallest absolute Gasteiger partial charge is 0.167 e. The summed E-state index contributed by atoms with van der Waals surface area (Å²) in [5, 5.41) is 6.45. The van der Waals surface area contributed by atoms with E-state index < -0.39 is 0 Å². The number of rotatable bonds is 4. The van der Waals surface area contributed by atoms with Crippen LogP contribution in [0.5, 0.6) is 0 Å². The molecule has 0 aliphatic carbocycles. The Bertz CT molecular complexity index is 768. The van der Waals surface area contributed by atoms with E-state index in [-0.39, 0.29) is 0 Å². The fraction of sp³-hybridized carbons (Fsp3) is 0.312. The molecule has 3 heterocycles. The number of para-hydroxylation sites is 1. The van der Waals surface area contributed by atoms with Crippen LogP contribution in [0.2, 0.25) is 0 Å². The second-order valence-electron chi connectivity index (χ2n) is 5.25. The Morgan fingerprint density at radius 1 is 1.23 bits per heavy atom. The van der Waals surface area contributed by atoms with Crippen molar-refractivity contribution in [3.63, 3.8) is 0 Å². The molecule has 0 bridgehead atoms. The summed E-state index contributed by atoms with van der Waals surface area (Å²) in [7, 11) is 0. The lowest BCUT2D eigenvalue weighted by atomic mass is 10.3. The lowest BCUT2D eigenvalue weighted by Crippen LogP contribution is -2.08. The van der Waals surface area contributed by atoms with E-state index in [0.29, 0.717) is 6.10 Å². The number of nitrogens with zero attached hydrogens (tertiary/aromatic N) is 4. The van der Waals surface area contributed by atoms with Crippen molar-refractivity contribution in [1.29, 1.82) is 0 Å². The van der Waals surface area contributed by atoms with E-state index in [1.54, 1.807) is 18.1 Å². The van der Waals surface area contributed by atoms with Crippen molar-refractivity contribution in [2.24, 2.45) is 0 Å². The summed E-state index contributed by atoms with van der Waals surface area (Å²) in [5.74, 6) is 0.933. The Hall–Kier alpha value is -1.92. The first kappa shape index (κ1) is 13.7. The highest BCUT2D eigenvalue weighted by molar-refractivity contribution is 7.99. The molecule has 1 fully saturated rings. The van der Waals surface area contributed by atoms with Crippen LogP contribution in [-0.4, -0.2) is 38.2 Å². The van der Waals surface area contributed by atoms with Crippen molar-refractivity contribution >= 4 is 22.8 Å².